The Morgan fingerprint density at radius 3 is 2.80 bits per heavy atom. The van der Waals surface area contributed by atoms with Crippen LogP contribution in [0.1, 0.15) is 6.92 Å². The van der Waals surface area contributed by atoms with E-state index in [0.29, 0.717) is 0 Å². The number of hydrogen-bond donors (Lipinski definition) is 1. The molecule has 3 heteroatoms. The first-order valence-corrected chi connectivity index (χ1v) is 3.14. The largest absolute Gasteiger partial charge is 0.481 e. The molecule has 1 heterocycles. The molecule has 2 atom stereocenters. The number of carboxylic acids is 1. The summed E-state index contributed by atoms with van der Waals surface area (Å²) in [5, 5.41) is 8.60. The van der Waals surface area contributed by atoms with Crippen molar-refractivity contribution < 1.29 is 9.90 Å². The SMILES string of the molecule is CC1C=NC=CC1C(=O)O. The van der Waals surface area contributed by atoms with Gasteiger partial charge in [0.2, 0.25) is 0 Å². The third kappa shape index (κ3) is 1.23. The normalized spacial score (nSPS) is 30.5. The summed E-state index contributed by atoms with van der Waals surface area (Å²) in [6.45, 7) is 1.84. The maximum absolute atomic E-state index is 10.5. The fourth-order valence-electron chi connectivity index (χ4n) is 0.903. The predicted octanol–water partition coefficient (Wildman–Crippen LogP) is 0.921. The minimum absolute atomic E-state index is 0.0162. The standard InChI is InChI=1S/C7H9NO2/c1-5-4-8-3-2-6(5)7(9)10/h2-6H,1H3,(H,9,10). The van der Waals surface area contributed by atoms with Crippen LogP contribution in [0, 0.1) is 11.8 Å². The molecule has 0 spiro atoms. The van der Waals surface area contributed by atoms with Crippen LogP contribution >= 0.6 is 0 Å². The molecule has 54 valence electrons. The van der Waals surface area contributed by atoms with Crippen LogP contribution in [0.15, 0.2) is 17.3 Å². The summed E-state index contributed by atoms with van der Waals surface area (Å²) >= 11 is 0. The van der Waals surface area contributed by atoms with Crippen LogP contribution in [0.2, 0.25) is 0 Å². The zero-order valence-corrected chi connectivity index (χ0v) is 5.69. The Kier molecular flexibility index (Phi) is 1.85. The third-order valence-corrected chi connectivity index (χ3v) is 1.55. The van der Waals surface area contributed by atoms with E-state index < -0.39 is 11.9 Å². The van der Waals surface area contributed by atoms with Gasteiger partial charge in [-0.3, -0.25) is 9.79 Å². The Bertz CT molecular complexity index is 196. The highest BCUT2D eigenvalue weighted by Gasteiger charge is 2.21. The fraction of sp³-hybridized carbons (Fsp3) is 0.429. The highest BCUT2D eigenvalue weighted by Crippen LogP contribution is 2.14. The lowest BCUT2D eigenvalue weighted by molar-refractivity contribution is -0.140. The quantitative estimate of drug-likeness (QED) is 0.587. The van der Waals surface area contributed by atoms with Gasteiger partial charge in [0.05, 0.1) is 5.92 Å². The molecule has 0 amide bonds. The Balaban J connectivity index is 2.70. The van der Waals surface area contributed by atoms with E-state index in [-0.39, 0.29) is 5.92 Å². The maximum Gasteiger partial charge on any atom is 0.311 e. The van der Waals surface area contributed by atoms with Gasteiger partial charge in [-0.05, 0) is 0 Å². The number of aliphatic imine (C=N–C) groups is 1. The molecule has 1 aliphatic heterocycles. The second-order valence-electron chi connectivity index (χ2n) is 2.36. The molecule has 0 saturated heterocycles. The monoisotopic (exact) mass is 139 g/mol. The van der Waals surface area contributed by atoms with Gasteiger partial charge < -0.3 is 5.11 Å². The van der Waals surface area contributed by atoms with E-state index in [1.54, 1.807) is 12.3 Å². The van der Waals surface area contributed by atoms with E-state index in [2.05, 4.69) is 4.99 Å². The topological polar surface area (TPSA) is 49.7 Å². The van der Waals surface area contributed by atoms with E-state index in [1.807, 2.05) is 6.92 Å². The summed E-state index contributed by atoms with van der Waals surface area (Å²) in [6.07, 6.45) is 4.78. The van der Waals surface area contributed by atoms with Gasteiger partial charge in [-0.25, -0.2) is 0 Å². The summed E-state index contributed by atoms with van der Waals surface area (Å²) < 4.78 is 0. The predicted molar refractivity (Wildman–Crippen MR) is 37.9 cm³/mol. The molecule has 0 fully saturated rings. The van der Waals surface area contributed by atoms with Gasteiger partial charge in [-0.2, -0.15) is 0 Å². The summed E-state index contributed by atoms with van der Waals surface area (Å²) in [5.41, 5.74) is 0. The van der Waals surface area contributed by atoms with Gasteiger partial charge in [0.15, 0.2) is 0 Å². The average Bonchev–Trinajstić information content (AvgIpc) is 1.88. The zero-order valence-electron chi connectivity index (χ0n) is 5.69. The summed E-state index contributed by atoms with van der Waals surface area (Å²) in [7, 11) is 0. The van der Waals surface area contributed by atoms with Crippen molar-refractivity contribution in [2.75, 3.05) is 0 Å². The van der Waals surface area contributed by atoms with Crippen LogP contribution in [-0.2, 0) is 4.79 Å². The lowest BCUT2D eigenvalue weighted by Gasteiger charge is -2.13. The van der Waals surface area contributed by atoms with E-state index in [0.717, 1.165) is 0 Å². The molecule has 2 unspecified atom stereocenters. The first-order chi connectivity index (χ1) is 4.72. The average molecular weight is 139 g/mol. The van der Waals surface area contributed by atoms with Crippen molar-refractivity contribution in [3.05, 3.63) is 12.3 Å². The molecule has 3 nitrogen and oxygen atoms in total. The first kappa shape index (κ1) is 6.99. The summed E-state index contributed by atoms with van der Waals surface area (Å²) in [5.74, 6) is -1.16. The van der Waals surface area contributed by atoms with Crippen molar-refractivity contribution in [2.45, 2.75) is 6.92 Å². The van der Waals surface area contributed by atoms with Crippen LogP contribution in [0.4, 0.5) is 0 Å². The molecule has 1 aliphatic rings. The Hall–Kier alpha value is -1.12. The molecule has 0 aromatic heterocycles. The van der Waals surface area contributed by atoms with E-state index in [4.69, 9.17) is 5.11 Å². The molecule has 0 radical (unpaired) electrons. The first-order valence-electron chi connectivity index (χ1n) is 3.14. The Morgan fingerprint density at radius 2 is 2.40 bits per heavy atom. The van der Waals surface area contributed by atoms with Crippen molar-refractivity contribution in [1.29, 1.82) is 0 Å². The summed E-state index contributed by atoms with van der Waals surface area (Å²) in [4.78, 5) is 14.3. The minimum atomic E-state index is -0.782. The molecular formula is C7H9NO2. The lowest BCUT2D eigenvalue weighted by Crippen LogP contribution is -2.21. The molecule has 0 aromatic carbocycles. The number of hydrogen-bond acceptors (Lipinski definition) is 2. The van der Waals surface area contributed by atoms with Crippen molar-refractivity contribution in [1.82, 2.24) is 0 Å². The second kappa shape index (κ2) is 2.64. The van der Waals surface area contributed by atoms with Crippen LogP contribution in [0.3, 0.4) is 0 Å². The zero-order chi connectivity index (χ0) is 7.56. The molecular weight excluding hydrogens is 130 g/mol. The third-order valence-electron chi connectivity index (χ3n) is 1.55. The van der Waals surface area contributed by atoms with Gasteiger partial charge in [-0.1, -0.05) is 13.0 Å². The van der Waals surface area contributed by atoms with Crippen LogP contribution < -0.4 is 0 Å². The Labute approximate surface area is 59.1 Å². The van der Waals surface area contributed by atoms with Gasteiger partial charge in [-0.15, -0.1) is 0 Å². The van der Waals surface area contributed by atoms with Gasteiger partial charge in [0, 0.05) is 18.3 Å². The summed E-state index contributed by atoms with van der Waals surface area (Å²) in [6, 6.07) is 0. The van der Waals surface area contributed by atoms with Crippen molar-refractivity contribution in [2.24, 2.45) is 16.8 Å². The van der Waals surface area contributed by atoms with Gasteiger partial charge in [0.1, 0.15) is 0 Å². The highest BCUT2D eigenvalue weighted by molar-refractivity contribution is 5.79. The number of carbonyl (C=O) groups is 1. The molecule has 10 heavy (non-hydrogen) atoms. The molecule has 0 bridgehead atoms. The lowest BCUT2D eigenvalue weighted by atomic mass is 9.94. The smallest absolute Gasteiger partial charge is 0.311 e. The number of aliphatic carboxylic acids is 1. The van der Waals surface area contributed by atoms with Crippen LogP contribution in [-0.4, -0.2) is 17.3 Å². The molecule has 1 rings (SSSR count). The molecule has 0 saturated carbocycles. The van der Waals surface area contributed by atoms with Crippen molar-refractivity contribution >= 4 is 12.2 Å². The molecule has 0 aliphatic carbocycles. The maximum atomic E-state index is 10.5. The van der Waals surface area contributed by atoms with E-state index >= 15 is 0 Å². The van der Waals surface area contributed by atoms with Gasteiger partial charge in [0.25, 0.3) is 0 Å². The Morgan fingerprint density at radius 1 is 1.70 bits per heavy atom. The number of nitrogens with zero attached hydrogens (tertiary/aromatic N) is 1. The van der Waals surface area contributed by atoms with E-state index in [9.17, 15) is 4.79 Å². The van der Waals surface area contributed by atoms with E-state index in [1.165, 1.54) is 6.20 Å². The van der Waals surface area contributed by atoms with Crippen LogP contribution in [0.25, 0.3) is 0 Å². The van der Waals surface area contributed by atoms with Gasteiger partial charge >= 0.3 is 5.97 Å². The fourth-order valence-corrected chi connectivity index (χ4v) is 0.903. The number of carboxylic acid groups (broad SMARTS) is 1. The van der Waals surface area contributed by atoms with Crippen molar-refractivity contribution in [3.63, 3.8) is 0 Å². The molecule has 1 N–H and O–H groups in total. The minimum Gasteiger partial charge on any atom is -0.481 e. The molecule has 0 aromatic rings. The number of rotatable bonds is 1. The van der Waals surface area contributed by atoms with Crippen molar-refractivity contribution in [3.8, 4) is 0 Å². The van der Waals surface area contributed by atoms with Crippen LogP contribution in [0.5, 0.6) is 0 Å². The highest BCUT2D eigenvalue weighted by atomic mass is 16.4. The second-order valence-corrected chi connectivity index (χ2v) is 2.36.